The molecule has 2 saturated carbocycles. The van der Waals surface area contributed by atoms with Crippen molar-refractivity contribution >= 4 is 16.2 Å². The van der Waals surface area contributed by atoms with Crippen molar-refractivity contribution in [2.45, 2.75) is 50.6 Å². The van der Waals surface area contributed by atoms with Gasteiger partial charge in [-0.25, -0.2) is 0 Å². The number of esters is 1. The lowest BCUT2D eigenvalue weighted by Gasteiger charge is -2.26. The van der Waals surface area contributed by atoms with Gasteiger partial charge in [0.25, 0.3) is 10.2 Å². The van der Waals surface area contributed by atoms with Crippen LogP contribution in [0.2, 0.25) is 0 Å². The lowest BCUT2D eigenvalue weighted by Crippen LogP contribution is -2.48. The number of methoxy groups -OCH3 is 1. The molecule has 2 aliphatic carbocycles. The smallest absolute Gasteiger partial charge is 0.321 e. The average molecular weight is 276 g/mol. The van der Waals surface area contributed by atoms with E-state index < -0.39 is 16.2 Å². The lowest BCUT2D eigenvalue weighted by molar-refractivity contribution is -0.141. The number of nitrogens with one attached hydrogen (secondary N) is 1. The third kappa shape index (κ3) is 3.43. The summed E-state index contributed by atoms with van der Waals surface area (Å²) in [4.78, 5) is 11.4. The molecule has 0 radical (unpaired) electrons. The van der Waals surface area contributed by atoms with Gasteiger partial charge in [-0.1, -0.05) is 12.8 Å². The molecule has 0 aromatic carbocycles. The van der Waals surface area contributed by atoms with Crippen LogP contribution in [0.5, 0.6) is 0 Å². The second-order valence-electron chi connectivity index (χ2n) is 4.96. The summed E-state index contributed by atoms with van der Waals surface area (Å²) >= 11 is 0. The highest BCUT2D eigenvalue weighted by molar-refractivity contribution is 7.87. The van der Waals surface area contributed by atoms with E-state index in [9.17, 15) is 13.2 Å². The Morgan fingerprint density at radius 3 is 2.39 bits per heavy atom. The molecule has 18 heavy (non-hydrogen) atoms. The van der Waals surface area contributed by atoms with E-state index in [0.717, 1.165) is 38.5 Å². The first kappa shape index (κ1) is 13.8. The first-order valence-electron chi connectivity index (χ1n) is 6.39. The molecule has 2 rings (SSSR count). The van der Waals surface area contributed by atoms with Crippen LogP contribution in [-0.4, -0.2) is 44.4 Å². The molecule has 6 nitrogen and oxygen atoms in total. The molecule has 0 bridgehead atoms. The van der Waals surface area contributed by atoms with Gasteiger partial charge in [-0.05, 0) is 25.7 Å². The average Bonchev–Trinajstić information content (AvgIpc) is 2.96. The van der Waals surface area contributed by atoms with E-state index in [1.807, 2.05) is 0 Å². The second-order valence-corrected chi connectivity index (χ2v) is 6.61. The fourth-order valence-electron chi connectivity index (χ4n) is 2.27. The Bertz CT molecular complexity index is 399. The summed E-state index contributed by atoms with van der Waals surface area (Å²) in [6, 6.07) is -0.0168. The summed E-state index contributed by atoms with van der Waals surface area (Å²) in [7, 11) is -2.29. The molecule has 0 amide bonds. The van der Waals surface area contributed by atoms with Crippen molar-refractivity contribution in [1.82, 2.24) is 9.03 Å². The predicted molar refractivity (Wildman–Crippen MR) is 66.1 cm³/mol. The Kier molecular flexibility index (Phi) is 4.24. The zero-order valence-electron chi connectivity index (χ0n) is 10.6. The first-order chi connectivity index (χ1) is 8.53. The summed E-state index contributed by atoms with van der Waals surface area (Å²) < 4.78 is 32.9. The number of carbonyl (C=O) groups is 1. The van der Waals surface area contributed by atoms with E-state index in [1.54, 1.807) is 0 Å². The number of hydrogen-bond donors (Lipinski definition) is 1. The SMILES string of the molecule is COC(=O)CN(C1CCCC1)S(=O)(=O)NC1CC1. The highest BCUT2D eigenvalue weighted by atomic mass is 32.2. The van der Waals surface area contributed by atoms with Crippen LogP contribution in [0.4, 0.5) is 0 Å². The number of carbonyl (C=O) groups excluding carboxylic acids is 1. The number of ether oxygens (including phenoxy) is 1. The molecule has 0 unspecified atom stereocenters. The highest BCUT2D eigenvalue weighted by Crippen LogP contribution is 2.27. The van der Waals surface area contributed by atoms with Gasteiger partial charge in [0.2, 0.25) is 0 Å². The van der Waals surface area contributed by atoms with E-state index in [-0.39, 0.29) is 18.6 Å². The summed E-state index contributed by atoms with van der Waals surface area (Å²) in [6.45, 7) is -0.191. The molecule has 0 aliphatic heterocycles. The Balaban J connectivity index is 2.08. The molecular formula is C11H20N2O4S. The summed E-state index contributed by atoms with van der Waals surface area (Å²) in [5.74, 6) is -0.511. The van der Waals surface area contributed by atoms with E-state index in [1.165, 1.54) is 11.4 Å². The van der Waals surface area contributed by atoms with Gasteiger partial charge in [-0.15, -0.1) is 0 Å². The zero-order chi connectivity index (χ0) is 13.2. The van der Waals surface area contributed by atoms with Gasteiger partial charge >= 0.3 is 5.97 Å². The minimum absolute atomic E-state index is 0.0524. The van der Waals surface area contributed by atoms with Crippen molar-refractivity contribution in [2.24, 2.45) is 0 Å². The van der Waals surface area contributed by atoms with Crippen molar-refractivity contribution < 1.29 is 17.9 Å². The minimum Gasteiger partial charge on any atom is -0.468 e. The van der Waals surface area contributed by atoms with Crippen LogP contribution in [0.25, 0.3) is 0 Å². The van der Waals surface area contributed by atoms with Gasteiger partial charge in [-0.3, -0.25) is 4.79 Å². The maximum atomic E-state index is 12.2. The fourth-order valence-corrected chi connectivity index (χ4v) is 3.94. The van der Waals surface area contributed by atoms with Crippen molar-refractivity contribution in [3.63, 3.8) is 0 Å². The van der Waals surface area contributed by atoms with Gasteiger partial charge < -0.3 is 4.74 Å². The lowest BCUT2D eigenvalue weighted by atomic mass is 10.2. The van der Waals surface area contributed by atoms with Gasteiger partial charge in [-0.2, -0.15) is 17.4 Å². The van der Waals surface area contributed by atoms with Gasteiger partial charge in [0, 0.05) is 12.1 Å². The third-order valence-electron chi connectivity index (χ3n) is 3.45. The Hall–Kier alpha value is -0.660. The monoisotopic (exact) mass is 276 g/mol. The van der Waals surface area contributed by atoms with E-state index >= 15 is 0 Å². The largest absolute Gasteiger partial charge is 0.468 e. The van der Waals surface area contributed by atoms with Crippen molar-refractivity contribution in [3.8, 4) is 0 Å². The van der Waals surface area contributed by atoms with Crippen LogP contribution in [0, 0.1) is 0 Å². The van der Waals surface area contributed by atoms with Gasteiger partial charge in [0.05, 0.1) is 7.11 Å². The number of rotatable bonds is 6. The van der Waals surface area contributed by atoms with Crippen molar-refractivity contribution in [1.29, 1.82) is 0 Å². The highest BCUT2D eigenvalue weighted by Gasteiger charge is 2.37. The van der Waals surface area contributed by atoms with Crippen LogP contribution in [-0.2, 0) is 19.7 Å². The molecule has 0 heterocycles. The molecule has 7 heteroatoms. The molecule has 0 saturated heterocycles. The minimum atomic E-state index is -3.57. The Morgan fingerprint density at radius 1 is 1.28 bits per heavy atom. The number of hydrogen-bond acceptors (Lipinski definition) is 4. The quantitative estimate of drug-likeness (QED) is 0.713. The molecular weight excluding hydrogens is 256 g/mol. The first-order valence-corrected chi connectivity index (χ1v) is 7.83. The molecule has 0 aromatic rings. The standard InChI is InChI=1S/C11H20N2O4S/c1-17-11(14)8-13(10-4-2-3-5-10)18(15,16)12-9-6-7-9/h9-10,12H,2-8H2,1H3. The van der Waals surface area contributed by atoms with E-state index in [2.05, 4.69) is 9.46 Å². The van der Waals surface area contributed by atoms with Crippen molar-refractivity contribution in [2.75, 3.05) is 13.7 Å². The molecule has 1 N–H and O–H groups in total. The summed E-state index contributed by atoms with van der Waals surface area (Å²) in [5.41, 5.74) is 0. The molecule has 2 aliphatic rings. The maximum absolute atomic E-state index is 12.2. The third-order valence-corrected chi connectivity index (χ3v) is 5.12. The van der Waals surface area contributed by atoms with E-state index in [4.69, 9.17) is 0 Å². The number of nitrogens with zero attached hydrogens (tertiary/aromatic N) is 1. The maximum Gasteiger partial charge on any atom is 0.321 e. The molecule has 0 spiro atoms. The van der Waals surface area contributed by atoms with Gasteiger partial charge in [0.15, 0.2) is 0 Å². The summed E-state index contributed by atoms with van der Waals surface area (Å²) in [6.07, 6.45) is 5.44. The Morgan fingerprint density at radius 2 is 1.89 bits per heavy atom. The predicted octanol–water partition coefficient (Wildman–Crippen LogP) is 0.401. The van der Waals surface area contributed by atoms with Crippen LogP contribution in [0.1, 0.15) is 38.5 Å². The second kappa shape index (κ2) is 5.54. The topological polar surface area (TPSA) is 75.7 Å². The van der Waals surface area contributed by atoms with Crippen LogP contribution in [0.3, 0.4) is 0 Å². The fraction of sp³-hybridized carbons (Fsp3) is 0.909. The van der Waals surface area contributed by atoms with E-state index in [0.29, 0.717) is 0 Å². The Labute approximate surface area is 108 Å². The molecule has 2 fully saturated rings. The molecule has 0 aromatic heterocycles. The van der Waals surface area contributed by atoms with Crippen LogP contribution >= 0.6 is 0 Å². The molecule has 0 atom stereocenters. The normalized spacial score (nSPS) is 21.4. The van der Waals surface area contributed by atoms with Crippen LogP contribution in [0.15, 0.2) is 0 Å². The summed E-state index contributed by atoms with van der Waals surface area (Å²) in [5, 5.41) is 0. The van der Waals surface area contributed by atoms with Crippen molar-refractivity contribution in [3.05, 3.63) is 0 Å². The zero-order valence-corrected chi connectivity index (χ0v) is 11.4. The van der Waals surface area contributed by atoms with Crippen LogP contribution < -0.4 is 4.72 Å². The molecule has 104 valence electrons. The van der Waals surface area contributed by atoms with Gasteiger partial charge in [0.1, 0.15) is 6.54 Å².